The summed E-state index contributed by atoms with van der Waals surface area (Å²) in [5.74, 6) is 0. The van der Waals surface area contributed by atoms with E-state index in [0.717, 1.165) is 0 Å². The molecule has 0 saturated heterocycles. The molecule has 4 atom stereocenters. The monoisotopic (exact) mass is 330 g/mol. The molecule has 0 fully saturated rings. The smallest absolute Gasteiger partial charge is 0.113 e. The van der Waals surface area contributed by atoms with Crippen molar-refractivity contribution in [3.63, 3.8) is 0 Å². The maximum absolute atomic E-state index is 9.82. The van der Waals surface area contributed by atoms with Crippen LogP contribution < -0.4 is 11.1 Å². The molecule has 0 amide bonds. The van der Waals surface area contributed by atoms with Gasteiger partial charge in [0.2, 0.25) is 0 Å². The number of nitrogens with two attached hydrogens (primary N) is 1. The summed E-state index contributed by atoms with van der Waals surface area (Å²) in [5, 5.41) is 22.3. The first-order valence-corrected chi connectivity index (χ1v) is 8.35. The van der Waals surface area contributed by atoms with Crippen LogP contribution in [0.15, 0.2) is 0 Å². The van der Waals surface area contributed by atoms with Crippen LogP contribution in [0.25, 0.3) is 0 Å². The van der Waals surface area contributed by atoms with E-state index in [2.05, 4.69) is 5.32 Å². The molecule has 0 aromatic rings. The van der Waals surface area contributed by atoms with Gasteiger partial charge >= 0.3 is 0 Å². The second kappa shape index (κ2) is 10.6. The van der Waals surface area contributed by atoms with Crippen LogP contribution in [0.4, 0.5) is 0 Å². The van der Waals surface area contributed by atoms with E-state index in [4.69, 9.17) is 23.1 Å². The maximum atomic E-state index is 9.82. The number of rotatable bonds is 13. The van der Waals surface area contributed by atoms with Gasteiger partial charge in [-0.15, -0.1) is 0 Å². The average Bonchev–Trinajstić information content (AvgIpc) is 2.33. The van der Waals surface area contributed by atoms with Gasteiger partial charge in [-0.2, -0.15) is 0 Å². The Morgan fingerprint density at radius 2 is 1.78 bits per heavy atom. The molecule has 0 aromatic heterocycles. The minimum absolute atomic E-state index is 0.133. The van der Waals surface area contributed by atoms with Crippen molar-refractivity contribution in [2.24, 2.45) is 5.73 Å². The van der Waals surface area contributed by atoms with E-state index in [1.165, 1.54) is 0 Å². The fourth-order valence-corrected chi connectivity index (χ4v) is 2.69. The van der Waals surface area contributed by atoms with E-state index in [0.29, 0.717) is 32.5 Å². The molecule has 5 N–H and O–H groups in total. The lowest BCUT2D eigenvalue weighted by atomic mass is 9.78. The maximum Gasteiger partial charge on any atom is 0.113 e. The number of nitrogens with one attached hydrogen (secondary N) is 1. The lowest BCUT2D eigenvalue weighted by Gasteiger charge is -2.35. The quantitative estimate of drug-likeness (QED) is 0.283. The summed E-state index contributed by atoms with van der Waals surface area (Å²) in [6.07, 6.45) is -0.156. The van der Waals surface area contributed by atoms with Gasteiger partial charge in [0.05, 0.1) is 30.5 Å². The molecule has 7 heteroatoms. The number of hydrogen-bond donors (Lipinski definition) is 4. The molecule has 0 rings (SSSR count). The van der Waals surface area contributed by atoms with Crippen molar-refractivity contribution >= 4 is 7.85 Å². The van der Waals surface area contributed by atoms with Crippen molar-refractivity contribution in [2.75, 3.05) is 26.2 Å². The second-order valence-electron chi connectivity index (χ2n) is 7.22. The van der Waals surface area contributed by atoms with Crippen molar-refractivity contribution in [2.45, 2.75) is 76.9 Å². The third-order valence-electron chi connectivity index (χ3n) is 3.31. The van der Waals surface area contributed by atoms with E-state index >= 15 is 0 Å². The summed E-state index contributed by atoms with van der Waals surface area (Å²) in [7, 11) is 6.14. The SMILES string of the molecule is [B]C(C)(CC(C)OC(C)(C)CC(C)O)OCC(O)CNCCN. The zero-order valence-corrected chi connectivity index (χ0v) is 15.3. The van der Waals surface area contributed by atoms with Gasteiger partial charge in [0.1, 0.15) is 7.85 Å². The molecule has 136 valence electrons. The van der Waals surface area contributed by atoms with Crippen LogP contribution in [0.2, 0.25) is 0 Å². The van der Waals surface area contributed by atoms with Crippen molar-refractivity contribution in [3.8, 4) is 0 Å². The fraction of sp³-hybridized carbons (Fsp3) is 1.00. The summed E-state index contributed by atoms with van der Waals surface area (Å²) in [4.78, 5) is 0. The molecular weight excluding hydrogens is 295 g/mol. The molecule has 6 nitrogen and oxygen atoms in total. The van der Waals surface area contributed by atoms with Crippen LogP contribution in [0.3, 0.4) is 0 Å². The Balaban J connectivity index is 4.18. The van der Waals surface area contributed by atoms with E-state index in [9.17, 15) is 10.2 Å². The molecule has 23 heavy (non-hydrogen) atoms. The summed E-state index contributed by atoms with van der Waals surface area (Å²) in [5.41, 5.74) is 4.04. The normalized spacial score (nSPS) is 19.1. The van der Waals surface area contributed by atoms with Gasteiger partial charge in [0, 0.05) is 31.6 Å². The highest BCUT2D eigenvalue weighted by atomic mass is 16.5. The van der Waals surface area contributed by atoms with Gasteiger partial charge in [0.25, 0.3) is 0 Å². The Morgan fingerprint density at radius 1 is 1.17 bits per heavy atom. The lowest BCUT2D eigenvalue weighted by molar-refractivity contribution is -0.111. The Hall–Kier alpha value is -0.175. The Morgan fingerprint density at radius 3 is 2.30 bits per heavy atom. The molecule has 0 heterocycles. The van der Waals surface area contributed by atoms with Crippen LogP contribution in [-0.2, 0) is 9.47 Å². The molecule has 4 unspecified atom stereocenters. The zero-order valence-electron chi connectivity index (χ0n) is 15.3. The van der Waals surface area contributed by atoms with Crippen molar-refractivity contribution < 1.29 is 19.7 Å². The van der Waals surface area contributed by atoms with Crippen molar-refractivity contribution in [1.29, 1.82) is 0 Å². The first kappa shape index (κ1) is 22.8. The fourth-order valence-electron chi connectivity index (χ4n) is 2.69. The topological polar surface area (TPSA) is 97.0 Å². The molecule has 0 aliphatic carbocycles. The zero-order chi connectivity index (χ0) is 18.1. The van der Waals surface area contributed by atoms with Crippen LogP contribution in [0, 0.1) is 0 Å². The number of hydrogen-bond acceptors (Lipinski definition) is 6. The standard InChI is InChI=1S/C16H35BN2O4/c1-12(20)8-15(3,4)23-13(2)9-16(5,17)22-11-14(21)10-19-7-6-18/h12-14,19-21H,6-11,18H2,1-5H3. The highest BCUT2D eigenvalue weighted by Gasteiger charge is 2.28. The van der Waals surface area contributed by atoms with Crippen molar-refractivity contribution in [1.82, 2.24) is 5.32 Å². The van der Waals surface area contributed by atoms with Crippen molar-refractivity contribution in [3.05, 3.63) is 0 Å². The first-order valence-electron chi connectivity index (χ1n) is 8.35. The summed E-state index contributed by atoms with van der Waals surface area (Å²) < 4.78 is 11.6. The predicted octanol–water partition coefficient (Wildman–Crippen LogP) is 0.142. The third kappa shape index (κ3) is 12.9. The predicted molar refractivity (Wildman–Crippen MR) is 93.6 cm³/mol. The van der Waals surface area contributed by atoms with Gasteiger partial charge < -0.3 is 30.7 Å². The molecule has 0 spiro atoms. The van der Waals surface area contributed by atoms with Crippen LogP contribution in [0.1, 0.15) is 47.5 Å². The van der Waals surface area contributed by atoms with E-state index in [1.54, 1.807) is 13.8 Å². The third-order valence-corrected chi connectivity index (χ3v) is 3.31. The average molecular weight is 330 g/mol. The minimum Gasteiger partial charge on any atom is -0.393 e. The first-order chi connectivity index (χ1) is 10.5. The highest BCUT2D eigenvalue weighted by Crippen LogP contribution is 2.23. The molecule has 0 aliphatic heterocycles. The Labute approximate surface area is 142 Å². The minimum atomic E-state index is -0.894. The summed E-state index contributed by atoms with van der Waals surface area (Å²) >= 11 is 0. The number of aliphatic hydroxyl groups excluding tert-OH is 2. The molecule has 0 aromatic carbocycles. The molecule has 0 aliphatic rings. The van der Waals surface area contributed by atoms with E-state index < -0.39 is 23.3 Å². The van der Waals surface area contributed by atoms with Gasteiger partial charge in [-0.05, 0) is 41.0 Å². The number of aliphatic hydroxyl groups is 2. The highest BCUT2D eigenvalue weighted by molar-refractivity contribution is 6.14. The van der Waals surface area contributed by atoms with Gasteiger partial charge in [-0.3, -0.25) is 0 Å². The molecule has 2 radical (unpaired) electrons. The molecule has 0 saturated carbocycles. The van der Waals surface area contributed by atoms with Crippen LogP contribution in [-0.4, -0.2) is 73.7 Å². The van der Waals surface area contributed by atoms with Gasteiger partial charge in [-0.1, -0.05) is 0 Å². The summed E-state index contributed by atoms with van der Waals surface area (Å²) in [6.45, 7) is 11.1. The lowest BCUT2D eigenvalue weighted by Crippen LogP contribution is -2.41. The van der Waals surface area contributed by atoms with Crippen LogP contribution in [0.5, 0.6) is 0 Å². The van der Waals surface area contributed by atoms with E-state index in [1.807, 2.05) is 20.8 Å². The van der Waals surface area contributed by atoms with E-state index in [-0.39, 0.29) is 12.7 Å². The Bertz CT molecular complexity index is 314. The number of ether oxygens (including phenoxy) is 2. The summed E-state index contributed by atoms with van der Waals surface area (Å²) in [6, 6.07) is 0. The Kier molecular flexibility index (Phi) is 10.6. The molecule has 0 bridgehead atoms. The second-order valence-corrected chi connectivity index (χ2v) is 7.22. The molecular formula is C16H35BN2O4. The largest absolute Gasteiger partial charge is 0.393 e. The van der Waals surface area contributed by atoms with Gasteiger partial charge in [-0.25, -0.2) is 0 Å². The van der Waals surface area contributed by atoms with Gasteiger partial charge in [0.15, 0.2) is 0 Å². The van der Waals surface area contributed by atoms with Crippen LogP contribution >= 0.6 is 0 Å².